The molecule has 24 heavy (non-hydrogen) atoms. The van der Waals surface area contributed by atoms with Crippen LogP contribution in [0.4, 0.5) is 5.00 Å². The highest BCUT2D eigenvalue weighted by atomic mass is 35.6. The van der Waals surface area contributed by atoms with E-state index in [1.165, 1.54) is 11.3 Å². The highest BCUT2D eigenvalue weighted by Crippen LogP contribution is 2.42. The van der Waals surface area contributed by atoms with Gasteiger partial charge in [-0.1, -0.05) is 41.7 Å². The average molecular weight is 415 g/mol. The lowest BCUT2D eigenvalue weighted by Gasteiger charge is -2.33. The van der Waals surface area contributed by atoms with Gasteiger partial charge < -0.3 is 14.8 Å². The summed E-state index contributed by atoms with van der Waals surface area (Å²) in [7, 11) is 0. The summed E-state index contributed by atoms with van der Waals surface area (Å²) in [6.07, 6.45) is 1.34. The summed E-state index contributed by atoms with van der Waals surface area (Å²) in [5.41, 5.74) is 0.780. The van der Waals surface area contributed by atoms with Crippen molar-refractivity contribution < 1.29 is 19.1 Å². The molecule has 9 heteroatoms. The minimum absolute atomic E-state index is 0.225. The average Bonchev–Trinajstić information content (AvgIpc) is 2.83. The van der Waals surface area contributed by atoms with Gasteiger partial charge in [-0.2, -0.15) is 0 Å². The summed E-state index contributed by atoms with van der Waals surface area (Å²) in [5.74, 6) is -1.33. The predicted molar refractivity (Wildman–Crippen MR) is 96.4 cm³/mol. The van der Waals surface area contributed by atoms with Crippen molar-refractivity contribution in [3.63, 3.8) is 0 Å². The van der Waals surface area contributed by atoms with E-state index in [0.717, 1.165) is 16.9 Å². The smallest absolute Gasteiger partial charge is 0.341 e. The van der Waals surface area contributed by atoms with Crippen LogP contribution < -0.4 is 5.32 Å². The molecular formula is C15H18Cl3NO4S. The monoisotopic (exact) mass is 413 g/mol. The molecule has 0 spiro atoms. The van der Waals surface area contributed by atoms with Gasteiger partial charge in [0, 0.05) is 11.3 Å². The summed E-state index contributed by atoms with van der Waals surface area (Å²) >= 11 is 18.0. The third-order valence-corrected chi connectivity index (χ3v) is 5.54. The number of amides is 1. The Balaban J connectivity index is 2.45. The maximum Gasteiger partial charge on any atom is 0.341 e. The van der Waals surface area contributed by atoms with E-state index in [2.05, 4.69) is 5.32 Å². The molecule has 5 nitrogen and oxygen atoms in total. The van der Waals surface area contributed by atoms with E-state index < -0.39 is 15.7 Å². The maximum atomic E-state index is 12.4. The molecule has 2 rings (SSSR count). The molecule has 1 aliphatic rings. The number of carbonyl (C=O) groups excluding carboxylic acids is 2. The van der Waals surface area contributed by atoms with Crippen molar-refractivity contribution in [2.45, 2.75) is 49.6 Å². The zero-order valence-electron chi connectivity index (χ0n) is 13.5. The van der Waals surface area contributed by atoms with E-state index in [4.69, 9.17) is 44.3 Å². The Labute approximate surface area is 159 Å². The summed E-state index contributed by atoms with van der Waals surface area (Å²) < 4.78 is 8.91. The van der Waals surface area contributed by atoms with Gasteiger partial charge in [-0.25, -0.2) is 4.79 Å². The Kier molecular flexibility index (Phi) is 6.08. The second kappa shape index (κ2) is 7.38. The van der Waals surface area contributed by atoms with Crippen LogP contribution in [-0.2, 0) is 27.3 Å². The number of hydrogen-bond donors (Lipinski definition) is 1. The quantitative estimate of drug-likeness (QED) is 0.583. The van der Waals surface area contributed by atoms with Crippen LogP contribution in [0.15, 0.2) is 0 Å². The normalized spacial score (nSPS) is 20.4. The Bertz CT molecular complexity index is 656. The summed E-state index contributed by atoms with van der Waals surface area (Å²) in [5, 5.41) is 2.84. The largest absolute Gasteiger partial charge is 0.462 e. The number of carbonyl (C=O) groups is 2. The number of halogens is 3. The number of rotatable bonds is 4. The Morgan fingerprint density at radius 3 is 2.58 bits per heavy atom. The summed E-state index contributed by atoms with van der Waals surface area (Å²) in [6.45, 7) is 6.31. The molecule has 2 heterocycles. The minimum Gasteiger partial charge on any atom is -0.462 e. The maximum absolute atomic E-state index is 12.4. The molecule has 0 unspecified atom stereocenters. The van der Waals surface area contributed by atoms with Gasteiger partial charge in [0.1, 0.15) is 5.00 Å². The number of anilines is 1. The van der Waals surface area contributed by atoms with Gasteiger partial charge in [0.15, 0.2) is 0 Å². The fourth-order valence-electron chi connectivity index (χ4n) is 2.39. The molecule has 1 aromatic heterocycles. The van der Waals surface area contributed by atoms with Crippen LogP contribution in [-0.4, -0.2) is 27.9 Å². The number of hydrogen-bond acceptors (Lipinski definition) is 5. The van der Waals surface area contributed by atoms with Crippen LogP contribution in [0.5, 0.6) is 0 Å². The van der Waals surface area contributed by atoms with Crippen LogP contribution >= 0.6 is 46.1 Å². The third-order valence-electron chi connectivity index (χ3n) is 3.91. The number of thiophene rings is 1. The molecule has 1 amide bonds. The van der Waals surface area contributed by atoms with Gasteiger partial charge in [0.2, 0.25) is 0 Å². The second-order valence-corrected chi connectivity index (χ2v) is 9.04. The zero-order chi connectivity index (χ0) is 18.1. The number of fused-ring (bicyclic) bond motifs is 1. The molecule has 0 radical (unpaired) electrons. The number of ether oxygens (including phenoxy) is 2. The van der Waals surface area contributed by atoms with E-state index in [1.807, 2.05) is 13.8 Å². The van der Waals surface area contributed by atoms with Crippen molar-refractivity contribution in [3.05, 3.63) is 16.0 Å². The van der Waals surface area contributed by atoms with Crippen LogP contribution in [0, 0.1) is 0 Å². The van der Waals surface area contributed by atoms with Gasteiger partial charge >= 0.3 is 5.97 Å². The molecule has 0 saturated carbocycles. The van der Waals surface area contributed by atoms with Crippen LogP contribution in [0.2, 0.25) is 0 Å². The molecule has 0 bridgehead atoms. The SMILES string of the molecule is CCOC(=O)c1c(NC(=O)C(Cl)(Cl)Cl)sc2c1C[C@](C)(CC)OC2. The molecule has 1 aliphatic heterocycles. The highest BCUT2D eigenvalue weighted by Gasteiger charge is 2.38. The zero-order valence-corrected chi connectivity index (χ0v) is 16.6. The lowest BCUT2D eigenvalue weighted by atomic mass is 9.89. The van der Waals surface area contributed by atoms with Crippen molar-refractivity contribution >= 4 is 63.0 Å². The minimum atomic E-state index is -2.12. The van der Waals surface area contributed by atoms with Crippen LogP contribution in [0.3, 0.4) is 0 Å². The van der Waals surface area contributed by atoms with Gasteiger partial charge in [-0.15, -0.1) is 11.3 Å². The predicted octanol–water partition coefficient (Wildman–Crippen LogP) is 4.47. The molecule has 0 aliphatic carbocycles. The lowest BCUT2D eigenvalue weighted by Crippen LogP contribution is -2.34. The fourth-order valence-corrected chi connectivity index (χ4v) is 3.64. The van der Waals surface area contributed by atoms with Crippen molar-refractivity contribution in [2.75, 3.05) is 11.9 Å². The van der Waals surface area contributed by atoms with Gasteiger partial charge in [0.25, 0.3) is 9.70 Å². The molecule has 1 atom stereocenters. The Morgan fingerprint density at radius 1 is 1.38 bits per heavy atom. The molecule has 1 N–H and O–H groups in total. The first-order valence-corrected chi connectivity index (χ1v) is 9.40. The van der Waals surface area contributed by atoms with Crippen molar-refractivity contribution in [1.82, 2.24) is 0 Å². The van der Waals surface area contributed by atoms with Crippen molar-refractivity contribution in [3.8, 4) is 0 Å². The standard InChI is InChI=1S/C15H18Cl3NO4S/c1-4-14(3)6-8-9(7-23-14)24-11(10(8)12(20)22-5-2)19-13(21)15(16,17)18/h4-7H2,1-3H3,(H,19,21)/t14-/m0/s1. The van der Waals surface area contributed by atoms with Crippen LogP contribution in [0.1, 0.15) is 48.0 Å². The highest BCUT2D eigenvalue weighted by molar-refractivity contribution is 7.17. The summed E-state index contributed by atoms with van der Waals surface area (Å²) in [4.78, 5) is 25.3. The third kappa shape index (κ3) is 4.17. The fraction of sp³-hybridized carbons (Fsp3) is 0.600. The molecule has 1 aromatic rings. The molecule has 0 aromatic carbocycles. The molecule has 0 fully saturated rings. The first-order chi connectivity index (χ1) is 11.1. The lowest BCUT2D eigenvalue weighted by molar-refractivity contribution is -0.115. The van der Waals surface area contributed by atoms with Gasteiger partial charge in [-0.3, -0.25) is 4.79 Å². The van der Waals surface area contributed by atoms with Crippen molar-refractivity contribution in [1.29, 1.82) is 0 Å². The molecule has 134 valence electrons. The van der Waals surface area contributed by atoms with E-state index in [9.17, 15) is 9.59 Å². The van der Waals surface area contributed by atoms with E-state index in [-0.39, 0.29) is 12.2 Å². The van der Waals surface area contributed by atoms with E-state index in [1.54, 1.807) is 6.92 Å². The van der Waals surface area contributed by atoms with Crippen molar-refractivity contribution in [2.24, 2.45) is 0 Å². The summed E-state index contributed by atoms with van der Waals surface area (Å²) in [6, 6.07) is 0. The second-order valence-electron chi connectivity index (χ2n) is 5.65. The molecular weight excluding hydrogens is 397 g/mol. The first kappa shape index (κ1) is 19.8. The Hall–Kier alpha value is -0.530. The first-order valence-electron chi connectivity index (χ1n) is 7.45. The topological polar surface area (TPSA) is 64.6 Å². The molecule has 0 saturated heterocycles. The number of nitrogens with one attached hydrogen (secondary N) is 1. The van der Waals surface area contributed by atoms with Crippen LogP contribution in [0.25, 0.3) is 0 Å². The Morgan fingerprint density at radius 2 is 2.04 bits per heavy atom. The van der Waals surface area contributed by atoms with E-state index in [0.29, 0.717) is 23.6 Å². The van der Waals surface area contributed by atoms with Gasteiger partial charge in [0.05, 0.1) is 24.4 Å². The number of esters is 1. The van der Waals surface area contributed by atoms with Gasteiger partial charge in [-0.05, 0) is 25.8 Å². The van der Waals surface area contributed by atoms with E-state index >= 15 is 0 Å². The number of alkyl halides is 3.